The Bertz CT molecular complexity index is 618. The molecule has 0 radical (unpaired) electrons. The third-order valence-corrected chi connectivity index (χ3v) is 3.20. The minimum Gasteiger partial charge on any atom is -0.394 e. The lowest BCUT2D eigenvalue weighted by Gasteiger charge is -2.16. The molecule has 0 spiro atoms. The van der Waals surface area contributed by atoms with Crippen LogP contribution in [0, 0.1) is 6.92 Å². The van der Waals surface area contributed by atoms with Gasteiger partial charge in [-0.2, -0.15) is 0 Å². The van der Waals surface area contributed by atoms with Gasteiger partial charge in [-0.1, -0.05) is 0 Å². The van der Waals surface area contributed by atoms with E-state index in [2.05, 4.69) is 15.0 Å². The fourth-order valence-corrected chi connectivity index (χ4v) is 2.07. The standard InChI is InChI=1S/C11H14N4O5/c1-5-7-10(13-3-12-5)15(4-14-7)20-11-9(18)8(17)6(2-16)19-11/h3-4,6,8-9,11,16-18H,2H2,1H3/t6-,8-,9-,11+/m1/s1. The van der Waals surface area contributed by atoms with Gasteiger partial charge in [0, 0.05) is 0 Å². The van der Waals surface area contributed by atoms with Crippen LogP contribution in [0.4, 0.5) is 0 Å². The van der Waals surface area contributed by atoms with Crippen LogP contribution in [0.25, 0.3) is 11.2 Å². The number of aliphatic hydroxyl groups excluding tert-OH is 3. The molecule has 0 amide bonds. The van der Waals surface area contributed by atoms with Gasteiger partial charge < -0.3 is 24.9 Å². The van der Waals surface area contributed by atoms with Crippen molar-refractivity contribution < 1.29 is 24.9 Å². The van der Waals surface area contributed by atoms with Gasteiger partial charge in [-0.15, -0.1) is 4.73 Å². The Morgan fingerprint density at radius 3 is 2.80 bits per heavy atom. The first-order chi connectivity index (χ1) is 9.61. The summed E-state index contributed by atoms with van der Waals surface area (Å²) in [5, 5.41) is 28.5. The molecule has 0 saturated carbocycles. The van der Waals surface area contributed by atoms with Crippen molar-refractivity contribution in [3.8, 4) is 0 Å². The van der Waals surface area contributed by atoms with Crippen molar-refractivity contribution in [3.63, 3.8) is 0 Å². The summed E-state index contributed by atoms with van der Waals surface area (Å²) in [6.45, 7) is 1.37. The lowest BCUT2D eigenvalue weighted by molar-refractivity contribution is -0.169. The second-order valence-corrected chi connectivity index (χ2v) is 4.51. The van der Waals surface area contributed by atoms with E-state index in [1.165, 1.54) is 17.4 Å². The first kappa shape index (κ1) is 13.2. The Morgan fingerprint density at radius 1 is 1.30 bits per heavy atom. The second-order valence-electron chi connectivity index (χ2n) is 4.51. The Labute approximate surface area is 113 Å². The van der Waals surface area contributed by atoms with Crippen molar-refractivity contribution in [3.05, 3.63) is 18.3 Å². The van der Waals surface area contributed by atoms with Crippen molar-refractivity contribution >= 4 is 11.2 Å². The van der Waals surface area contributed by atoms with Gasteiger partial charge in [-0.3, -0.25) is 0 Å². The summed E-state index contributed by atoms with van der Waals surface area (Å²) in [6, 6.07) is 0. The molecule has 4 atom stereocenters. The molecule has 3 N–H and O–H groups in total. The maximum absolute atomic E-state index is 9.81. The molecular formula is C11H14N4O5. The Hall–Kier alpha value is -1.81. The van der Waals surface area contributed by atoms with Crippen LogP contribution in [-0.2, 0) is 4.74 Å². The number of aromatic nitrogens is 4. The average molecular weight is 282 g/mol. The van der Waals surface area contributed by atoms with Crippen molar-refractivity contribution in [1.29, 1.82) is 0 Å². The highest BCUT2D eigenvalue weighted by atomic mass is 16.8. The van der Waals surface area contributed by atoms with E-state index in [1.54, 1.807) is 6.92 Å². The molecule has 1 fully saturated rings. The second kappa shape index (κ2) is 4.94. The molecular weight excluding hydrogens is 268 g/mol. The fraction of sp³-hybridized carbons (Fsp3) is 0.545. The summed E-state index contributed by atoms with van der Waals surface area (Å²) in [4.78, 5) is 17.6. The lowest BCUT2D eigenvalue weighted by Crippen LogP contribution is -2.38. The molecule has 0 bridgehead atoms. The summed E-state index contributed by atoms with van der Waals surface area (Å²) in [7, 11) is 0. The van der Waals surface area contributed by atoms with Crippen molar-refractivity contribution in [2.45, 2.75) is 31.5 Å². The first-order valence-electron chi connectivity index (χ1n) is 6.06. The van der Waals surface area contributed by atoms with E-state index in [-0.39, 0.29) is 0 Å². The Balaban J connectivity index is 1.85. The van der Waals surface area contributed by atoms with Crippen LogP contribution in [0.1, 0.15) is 5.69 Å². The molecule has 9 nitrogen and oxygen atoms in total. The van der Waals surface area contributed by atoms with Gasteiger partial charge in [0.1, 0.15) is 36.5 Å². The third kappa shape index (κ3) is 2.00. The number of imidazole rings is 1. The SMILES string of the molecule is Cc1ncnc2c1ncn2O[C@@H]1O[C@H](CO)[C@@H](O)[C@H]1O. The van der Waals surface area contributed by atoms with Crippen LogP contribution in [-0.4, -0.2) is 66.2 Å². The van der Waals surface area contributed by atoms with Gasteiger partial charge >= 0.3 is 0 Å². The maximum Gasteiger partial charge on any atom is 0.254 e. The van der Waals surface area contributed by atoms with Gasteiger partial charge in [0.25, 0.3) is 6.29 Å². The van der Waals surface area contributed by atoms with E-state index in [9.17, 15) is 10.2 Å². The monoisotopic (exact) mass is 282 g/mol. The van der Waals surface area contributed by atoms with Gasteiger partial charge in [0.2, 0.25) is 0 Å². The highest BCUT2D eigenvalue weighted by molar-refractivity contribution is 5.72. The predicted octanol–water partition coefficient (Wildman–Crippen LogP) is -2.00. The number of aliphatic hydroxyl groups is 3. The molecule has 0 aliphatic carbocycles. The Morgan fingerprint density at radius 2 is 2.10 bits per heavy atom. The summed E-state index contributed by atoms with van der Waals surface area (Å²) in [6.07, 6.45) is -1.74. The molecule has 2 aromatic rings. The smallest absolute Gasteiger partial charge is 0.254 e. The van der Waals surface area contributed by atoms with E-state index in [1.807, 2.05) is 0 Å². The predicted molar refractivity (Wildman–Crippen MR) is 64.4 cm³/mol. The average Bonchev–Trinajstić information content (AvgIpc) is 2.97. The van der Waals surface area contributed by atoms with Crippen molar-refractivity contribution in [1.82, 2.24) is 19.7 Å². The maximum atomic E-state index is 9.81. The van der Waals surface area contributed by atoms with Crippen LogP contribution >= 0.6 is 0 Å². The van der Waals surface area contributed by atoms with Crippen LogP contribution in [0.5, 0.6) is 0 Å². The van der Waals surface area contributed by atoms with E-state index >= 15 is 0 Å². The fourth-order valence-electron chi connectivity index (χ4n) is 2.07. The van der Waals surface area contributed by atoms with Crippen LogP contribution in [0.3, 0.4) is 0 Å². The molecule has 108 valence electrons. The third-order valence-electron chi connectivity index (χ3n) is 3.20. The van der Waals surface area contributed by atoms with Gasteiger partial charge in [0.05, 0.1) is 12.3 Å². The summed E-state index contributed by atoms with van der Waals surface area (Å²) in [5.74, 6) is 0. The van der Waals surface area contributed by atoms with Crippen LogP contribution < -0.4 is 4.84 Å². The highest BCUT2D eigenvalue weighted by Crippen LogP contribution is 2.21. The van der Waals surface area contributed by atoms with E-state index in [0.29, 0.717) is 16.9 Å². The molecule has 20 heavy (non-hydrogen) atoms. The van der Waals surface area contributed by atoms with Crippen molar-refractivity contribution in [2.24, 2.45) is 0 Å². The molecule has 1 saturated heterocycles. The minimum absolute atomic E-state index is 0.413. The zero-order valence-corrected chi connectivity index (χ0v) is 10.6. The molecule has 1 aliphatic heterocycles. The Kier molecular flexibility index (Phi) is 3.26. The molecule has 0 unspecified atom stereocenters. The quantitative estimate of drug-likeness (QED) is 0.591. The first-order valence-corrected chi connectivity index (χ1v) is 6.06. The number of ether oxygens (including phenoxy) is 1. The van der Waals surface area contributed by atoms with Crippen LogP contribution in [0.2, 0.25) is 0 Å². The summed E-state index contributed by atoms with van der Waals surface area (Å²) < 4.78 is 6.46. The number of rotatable bonds is 3. The van der Waals surface area contributed by atoms with E-state index in [4.69, 9.17) is 14.7 Å². The summed E-state index contributed by atoms with van der Waals surface area (Å²) >= 11 is 0. The topological polar surface area (TPSA) is 123 Å². The van der Waals surface area contributed by atoms with E-state index in [0.717, 1.165) is 0 Å². The van der Waals surface area contributed by atoms with Gasteiger partial charge in [0.15, 0.2) is 5.65 Å². The van der Waals surface area contributed by atoms with E-state index < -0.39 is 31.2 Å². The number of fused-ring (bicyclic) bond motifs is 1. The lowest BCUT2D eigenvalue weighted by atomic mass is 10.1. The molecule has 1 aliphatic rings. The normalized spacial score (nSPS) is 30.0. The zero-order valence-electron chi connectivity index (χ0n) is 10.6. The zero-order chi connectivity index (χ0) is 14.3. The van der Waals surface area contributed by atoms with Gasteiger partial charge in [-0.25, -0.2) is 15.0 Å². The number of aryl methyl sites for hydroxylation is 1. The molecule has 2 aromatic heterocycles. The molecule has 3 rings (SSSR count). The molecule has 0 aromatic carbocycles. The summed E-state index contributed by atoms with van der Waals surface area (Å²) in [5.41, 5.74) is 1.69. The van der Waals surface area contributed by atoms with Gasteiger partial charge in [-0.05, 0) is 6.92 Å². The van der Waals surface area contributed by atoms with Crippen molar-refractivity contribution in [2.75, 3.05) is 6.61 Å². The number of hydrogen-bond donors (Lipinski definition) is 3. The van der Waals surface area contributed by atoms with Crippen LogP contribution in [0.15, 0.2) is 12.7 Å². The largest absolute Gasteiger partial charge is 0.394 e. The molecule has 3 heterocycles. The molecule has 9 heteroatoms. The minimum atomic E-state index is -1.27. The number of hydrogen-bond acceptors (Lipinski definition) is 8. The number of nitrogens with zero attached hydrogens (tertiary/aromatic N) is 4. The highest BCUT2D eigenvalue weighted by Gasteiger charge is 2.44.